The Morgan fingerprint density at radius 1 is 1.35 bits per heavy atom. The molecule has 7 N–H and O–H groups in total. The molecule has 2 amide bonds. The molecule has 0 aromatic carbocycles. The predicted molar refractivity (Wildman–Crippen MR) is 98.4 cm³/mol. The molecular formula is C17H29N5O4. The van der Waals surface area contributed by atoms with Crippen LogP contribution in [0.1, 0.15) is 39.0 Å². The Morgan fingerprint density at radius 3 is 2.62 bits per heavy atom. The summed E-state index contributed by atoms with van der Waals surface area (Å²) >= 11 is 0. The van der Waals surface area contributed by atoms with Crippen LogP contribution in [0.5, 0.6) is 0 Å². The van der Waals surface area contributed by atoms with E-state index in [0.29, 0.717) is 37.9 Å². The molecule has 1 saturated carbocycles. The molecule has 0 aliphatic heterocycles. The van der Waals surface area contributed by atoms with Crippen molar-refractivity contribution in [2.45, 2.75) is 51.1 Å². The maximum atomic E-state index is 12.6. The summed E-state index contributed by atoms with van der Waals surface area (Å²) in [6, 6.07) is -1.26. The lowest BCUT2D eigenvalue weighted by Gasteiger charge is -2.23. The fraction of sp³-hybridized carbons (Fsp3) is 0.647. The standard InChI is InChI=1S/C17H29N5O4/c1-10(20-2)9-12(19)15(23)22-14(7-4-8-18)16(24)21-13-6-3-5-11(13)17(25)26/h9,11,13-14H,3-8,18-19H2,1-2H3,(H,21,24)(H,22,23)(H,25,26)/b12-9-,20-10?. The summed E-state index contributed by atoms with van der Waals surface area (Å²) in [6.07, 6.45) is 4.18. The van der Waals surface area contributed by atoms with Crippen molar-refractivity contribution < 1.29 is 19.5 Å². The molecular weight excluding hydrogens is 338 g/mol. The number of aliphatic carboxylic acids is 1. The van der Waals surface area contributed by atoms with Gasteiger partial charge in [0, 0.05) is 18.8 Å². The van der Waals surface area contributed by atoms with Crippen LogP contribution < -0.4 is 22.1 Å². The van der Waals surface area contributed by atoms with E-state index in [1.807, 2.05) is 0 Å². The average Bonchev–Trinajstić information content (AvgIpc) is 3.06. The molecule has 3 unspecified atom stereocenters. The summed E-state index contributed by atoms with van der Waals surface area (Å²) in [7, 11) is 1.58. The third-order valence-electron chi connectivity index (χ3n) is 4.46. The van der Waals surface area contributed by atoms with E-state index < -0.39 is 35.8 Å². The molecule has 146 valence electrons. The summed E-state index contributed by atoms with van der Waals surface area (Å²) in [6.45, 7) is 2.07. The van der Waals surface area contributed by atoms with E-state index >= 15 is 0 Å². The van der Waals surface area contributed by atoms with E-state index in [2.05, 4.69) is 15.6 Å². The molecule has 0 bridgehead atoms. The van der Waals surface area contributed by atoms with Gasteiger partial charge in [0.05, 0.1) is 11.6 Å². The summed E-state index contributed by atoms with van der Waals surface area (Å²) < 4.78 is 0. The molecule has 1 aliphatic rings. The van der Waals surface area contributed by atoms with E-state index in [9.17, 15) is 19.5 Å². The molecule has 1 fully saturated rings. The number of carbonyl (C=O) groups is 3. The molecule has 3 atom stereocenters. The number of nitrogens with two attached hydrogens (primary N) is 2. The van der Waals surface area contributed by atoms with Gasteiger partial charge in [0.25, 0.3) is 5.91 Å². The van der Waals surface area contributed by atoms with Crippen LogP contribution in [0.25, 0.3) is 0 Å². The largest absolute Gasteiger partial charge is 0.481 e. The first-order chi connectivity index (χ1) is 12.3. The van der Waals surface area contributed by atoms with Gasteiger partial charge in [-0.1, -0.05) is 6.42 Å². The molecule has 9 nitrogen and oxygen atoms in total. The molecule has 0 saturated heterocycles. The fourth-order valence-corrected chi connectivity index (χ4v) is 2.90. The smallest absolute Gasteiger partial charge is 0.308 e. The molecule has 1 aliphatic carbocycles. The normalized spacial score (nSPS) is 22.0. The molecule has 0 radical (unpaired) electrons. The van der Waals surface area contributed by atoms with Crippen molar-refractivity contribution in [1.29, 1.82) is 0 Å². The number of hydrogen-bond donors (Lipinski definition) is 5. The summed E-state index contributed by atoms with van der Waals surface area (Å²) in [5, 5.41) is 14.6. The van der Waals surface area contributed by atoms with Gasteiger partial charge in [-0.15, -0.1) is 0 Å². The molecule has 0 aromatic rings. The Hall–Kier alpha value is -2.42. The first-order valence-corrected chi connectivity index (χ1v) is 8.74. The van der Waals surface area contributed by atoms with Crippen LogP contribution in [0.15, 0.2) is 16.8 Å². The fourth-order valence-electron chi connectivity index (χ4n) is 2.90. The highest BCUT2D eigenvalue weighted by Gasteiger charge is 2.35. The van der Waals surface area contributed by atoms with E-state index in [1.165, 1.54) is 6.08 Å². The number of aliphatic imine (C=N–C) groups is 1. The number of rotatable bonds is 9. The molecule has 0 heterocycles. The Bertz CT molecular complexity index is 588. The van der Waals surface area contributed by atoms with Crippen LogP contribution in [0.2, 0.25) is 0 Å². The number of allylic oxidation sites excluding steroid dienone is 1. The summed E-state index contributed by atoms with van der Waals surface area (Å²) in [4.78, 5) is 39.9. The second kappa shape index (κ2) is 10.5. The van der Waals surface area contributed by atoms with Crippen molar-refractivity contribution >= 4 is 23.5 Å². The SMILES string of the molecule is CN=C(C)/C=C(\N)C(=O)NC(CCCN)C(=O)NC1CCCC1C(=O)O. The second-order valence-corrected chi connectivity index (χ2v) is 6.41. The maximum Gasteiger partial charge on any atom is 0.308 e. The van der Waals surface area contributed by atoms with Crippen molar-refractivity contribution in [2.24, 2.45) is 22.4 Å². The number of nitrogens with zero attached hydrogens (tertiary/aromatic N) is 1. The van der Waals surface area contributed by atoms with E-state index in [4.69, 9.17) is 11.5 Å². The van der Waals surface area contributed by atoms with Gasteiger partial charge in [-0.05, 0) is 45.2 Å². The third-order valence-corrected chi connectivity index (χ3v) is 4.46. The zero-order valence-corrected chi connectivity index (χ0v) is 15.3. The van der Waals surface area contributed by atoms with Crippen LogP contribution in [0.3, 0.4) is 0 Å². The quantitative estimate of drug-likeness (QED) is 0.273. The average molecular weight is 367 g/mol. The lowest BCUT2D eigenvalue weighted by Crippen LogP contribution is -2.52. The summed E-state index contributed by atoms with van der Waals surface area (Å²) in [5.74, 6) is -2.51. The van der Waals surface area contributed by atoms with Crippen molar-refractivity contribution in [3.8, 4) is 0 Å². The number of amides is 2. The minimum Gasteiger partial charge on any atom is -0.481 e. The van der Waals surface area contributed by atoms with E-state index in [-0.39, 0.29) is 5.70 Å². The van der Waals surface area contributed by atoms with Crippen molar-refractivity contribution in [3.05, 3.63) is 11.8 Å². The molecule has 1 rings (SSSR count). The number of hydrogen-bond acceptors (Lipinski definition) is 6. The van der Waals surface area contributed by atoms with Crippen molar-refractivity contribution in [1.82, 2.24) is 10.6 Å². The van der Waals surface area contributed by atoms with Gasteiger partial charge in [-0.2, -0.15) is 0 Å². The number of nitrogens with one attached hydrogen (secondary N) is 2. The Kier molecular flexibility index (Phi) is 8.77. The lowest BCUT2D eigenvalue weighted by atomic mass is 10.0. The highest BCUT2D eigenvalue weighted by atomic mass is 16.4. The van der Waals surface area contributed by atoms with Gasteiger partial charge < -0.3 is 27.2 Å². The molecule has 26 heavy (non-hydrogen) atoms. The van der Waals surface area contributed by atoms with Gasteiger partial charge >= 0.3 is 5.97 Å². The van der Waals surface area contributed by atoms with Crippen LogP contribution >= 0.6 is 0 Å². The Labute approximate surface area is 153 Å². The highest BCUT2D eigenvalue weighted by molar-refractivity contribution is 6.03. The van der Waals surface area contributed by atoms with Crippen LogP contribution in [0.4, 0.5) is 0 Å². The summed E-state index contributed by atoms with van der Waals surface area (Å²) in [5.41, 5.74) is 11.8. The minimum absolute atomic E-state index is 0.0528. The van der Waals surface area contributed by atoms with Gasteiger partial charge in [0.15, 0.2) is 0 Å². The molecule has 9 heteroatoms. The number of carbonyl (C=O) groups excluding carboxylic acids is 2. The van der Waals surface area contributed by atoms with Gasteiger partial charge in [-0.3, -0.25) is 19.4 Å². The monoisotopic (exact) mass is 367 g/mol. The zero-order chi connectivity index (χ0) is 19.7. The first kappa shape index (κ1) is 21.6. The first-order valence-electron chi connectivity index (χ1n) is 8.74. The maximum absolute atomic E-state index is 12.6. The third kappa shape index (κ3) is 6.47. The number of carboxylic acid groups (broad SMARTS) is 1. The Balaban J connectivity index is 2.78. The molecule has 0 spiro atoms. The van der Waals surface area contributed by atoms with Crippen LogP contribution in [-0.2, 0) is 14.4 Å². The zero-order valence-electron chi connectivity index (χ0n) is 15.3. The van der Waals surface area contributed by atoms with Gasteiger partial charge in [0.2, 0.25) is 5.91 Å². The van der Waals surface area contributed by atoms with Crippen LogP contribution in [0, 0.1) is 5.92 Å². The van der Waals surface area contributed by atoms with E-state index in [1.54, 1.807) is 14.0 Å². The predicted octanol–water partition coefficient (Wildman–Crippen LogP) is -0.487. The van der Waals surface area contributed by atoms with Gasteiger partial charge in [-0.25, -0.2) is 0 Å². The lowest BCUT2D eigenvalue weighted by molar-refractivity contribution is -0.142. The van der Waals surface area contributed by atoms with Crippen LogP contribution in [-0.4, -0.2) is 54.3 Å². The Morgan fingerprint density at radius 2 is 2.04 bits per heavy atom. The van der Waals surface area contributed by atoms with Crippen molar-refractivity contribution in [3.63, 3.8) is 0 Å². The topological polar surface area (TPSA) is 160 Å². The number of carboxylic acids is 1. The van der Waals surface area contributed by atoms with Crippen molar-refractivity contribution in [2.75, 3.05) is 13.6 Å². The second-order valence-electron chi connectivity index (χ2n) is 6.41. The minimum atomic E-state index is -0.920. The van der Waals surface area contributed by atoms with Gasteiger partial charge in [0.1, 0.15) is 6.04 Å². The highest BCUT2D eigenvalue weighted by Crippen LogP contribution is 2.26. The van der Waals surface area contributed by atoms with E-state index in [0.717, 1.165) is 6.42 Å². The molecule has 0 aromatic heterocycles.